The molecule has 1 aromatic heterocycles. The van der Waals surface area contributed by atoms with Gasteiger partial charge in [-0.25, -0.2) is 4.79 Å². The summed E-state index contributed by atoms with van der Waals surface area (Å²) in [7, 11) is 1.78. The Balaban J connectivity index is 3.23. The van der Waals surface area contributed by atoms with Crippen LogP contribution >= 0.6 is 0 Å². The number of aromatic nitrogens is 2. The van der Waals surface area contributed by atoms with Crippen molar-refractivity contribution in [2.24, 2.45) is 12.8 Å². The van der Waals surface area contributed by atoms with Gasteiger partial charge in [0.25, 0.3) is 0 Å². The van der Waals surface area contributed by atoms with Crippen LogP contribution in [-0.4, -0.2) is 14.7 Å². The number of hydrogen-bond donors (Lipinski definition) is 1. The van der Waals surface area contributed by atoms with Crippen LogP contribution < -0.4 is 11.4 Å². The smallest absolute Gasteiger partial charge is 0.324 e. The maximum Gasteiger partial charge on any atom is 0.328 e. The number of rotatable bonds is 2. The lowest BCUT2D eigenvalue weighted by Gasteiger charge is -2.19. The van der Waals surface area contributed by atoms with E-state index in [4.69, 9.17) is 5.73 Å². The highest BCUT2D eigenvalue weighted by Gasteiger charge is 2.17. The van der Waals surface area contributed by atoms with E-state index in [0.717, 1.165) is 11.4 Å². The number of nitrogens with two attached hydrogens (primary N) is 1. The van der Waals surface area contributed by atoms with Crippen LogP contribution in [0, 0.1) is 13.8 Å². The molecular weight excluding hydrogens is 178 g/mol. The molecule has 0 radical (unpaired) electrons. The summed E-state index contributed by atoms with van der Waals surface area (Å²) in [6.45, 7) is 8.28. The second kappa shape index (κ2) is 3.28. The highest BCUT2D eigenvalue weighted by atomic mass is 16.1. The first-order valence-electron chi connectivity index (χ1n) is 4.75. The van der Waals surface area contributed by atoms with Gasteiger partial charge in [-0.15, -0.1) is 0 Å². The molecule has 4 heteroatoms. The predicted octanol–water partition coefficient (Wildman–Crippen LogP) is 0.541. The summed E-state index contributed by atoms with van der Waals surface area (Å²) < 4.78 is 3.39. The second-order valence-electron chi connectivity index (χ2n) is 4.59. The molecule has 1 aromatic rings. The van der Waals surface area contributed by atoms with Gasteiger partial charge < -0.3 is 5.73 Å². The van der Waals surface area contributed by atoms with Gasteiger partial charge in [-0.3, -0.25) is 9.13 Å². The van der Waals surface area contributed by atoms with Crippen LogP contribution in [-0.2, 0) is 13.6 Å². The van der Waals surface area contributed by atoms with Crippen molar-refractivity contribution >= 4 is 0 Å². The van der Waals surface area contributed by atoms with Crippen molar-refractivity contribution in [2.75, 3.05) is 0 Å². The molecule has 0 aromatic carbocycles. The van der Waals surface area contributed by atoms with Crippen molar-refractivity contribution in [3.63, 3.8) is 0 Å². The van der Waals surface area contributed by atoms with Gasteiger partial charge in [-0.2, -0.15) is 0 Å². The molecule has 1 rings (SSSR count). The van der Waals surface area contributed by atoms with Crippen LogP contribution in [0.25, 0.3) is 0 Å². The van der Waals surface area contributed by atoms with E-state index in [9.17, 15) is 4.79 Å². The standard InChI is InChI=1S/C10H19N3O/c1-7-8(2)13(6-10(3,4)11)9(14)12(7)5/h6,11H2,1-5H3. The third kappa shape index (κ3) is 1.90. The average Bonchev–Trinajstić information content (AvgIpc) is 2.20. The molecule has 0 fully saturated rings. The molecule has 1 heterocycles. The Morgan fingerprint density at radius 3 is 2.07 bits per heavy atom. The molecular formula is C10H19N3O. The van der Waals surface area contributed by atoms with Crippen LogP contribution in [0.5, 0.6) is 0 Å². The van der Waals surface area contributed by atoms with E-state index in [1.807, 2.05) is 27.7 Å². The zero-order chi connectivity index (χ0) is 11.1. The zero-order valence-corrected chi connectivity index (χ0v) is 9.59. The van der Waals surface area contributed by atoms with Crippen molar-refractivity contribution in [1.29, 1.82) is 0 Å². The summed E-state index contributed by atoms with van der Waals surface area (Å²) in [6.07, 6.45) is 0. The lowest BCUT2D eigenvalue weighted by molar-refractivity contribution is 0.420. The first-order chi connectivity index (χ1) is 6.24. The van der Waals surface area contributed by atoms with Gasteiger partial charge in [0.1, 0.15) is 0 Å². The fourth-order valence-corrected chi connectivity index (χ4v) is 1.50. The minimum absolute atomic E-state index is 0.0125. The first kappa shape index (κ1) is 11.0. The predicted molar refractivity (Wildman–Crippen MR) is 57.4 cm³/mol. The summed E-state index contributed by atoms with van der Waals surface area (Å²) >= 11 is 0. The van der Waals surface area contributed by atoms with Crippen LogP contribution in [0.1, 0.15) is 25.2 Å². The monoisotopic (exact) mass is 197 g/mol. The molecule has 0 atom stereocenters. The molecule has 0 unspecified atom stereocenters. The molecule has 80 valence electrons. The maximum absolute atomic E-state index is 11.8. The van der Waals surface area contributed by atoms with E-state index in [0.29, 0.717) is 6.54 Å². The van der Waals surface area contributed by atoms with Gasteiger partial charge in [0.05, 0.1) is 0 Å². The highest BCUT2D eigenvalue weighted by molar-refractivity contribution is 5.11. The summed E-state index contributed by atoms with van der Waals surface area (Å²) in [4.78, 5) is 11.8. The van der Waals surface area contributed by atoms with Gasteiger partial charge >= 0.3 is 5.69 Å². The second-order valence-corrected chi connectivity index (χ2v) is 4.59. The Morgan fingerprint density at radius 1 is 1.29 bits per heavy atom. The normalized spacial score (nSPS) is 12.1. The first-order valence-corrected chi connectivity index (χ1v) is 4.75. The summed E-state index contributed by atoms with van der Waals surface area (Å²) in [6, 6.07) is 0. The third-order valence-electron chi connectivity index (χ3n) is 2.52. The lowest BCUT2D eigenvalue weighted by atomic mass is 10.1. The third-order valence-corrected chi connectivity index (χ3v) is 2.52. The zero-order valence-electron chi connectivity index (χ0n) is 9.59. The van der Waals surface area contributed by atoms with Gasteiger partial charge in [-0.1, -0.05) is 0 Å². The summed E-state index contributed by atoms with van der Waals surface area (Å²) in [5, 5.41) is 0. The fourth-order valence-electron chi connectivity index (χ4n) is 1.50. The van der Waals surface area contributed by atoms with Crippen molar-refractivity contribution < 1.29 is 0 Å². The molecule has 2 N–H and O–H groups in total. The van der Waals surface area contributed by atoms with E-state index >= 15 is 0 Å². The lowest BCUT2D eigenvalue weighted by Crippen LogP contribution is -2.40. The van der Waals surface area contributed by atoms with E-state index in [2.05, 4.69) is 0 Å². The molecule has 0 spiro atoms. The molecule has 0 bridgehead atoms. The minimum atomic E-state index is -0.359. The van der Waals surface area contributed by atoms with Gasteiger partial charge in [0.2, 0.25) is 0 Å². The quantitative estimate of drug-likeness (QED) is 0.752. The van der Waals surface area contributed by atoms with E-state index in [-0.39, 0.29) is 11.2 Å². The topological polar surface area (TPSA) is 52.9 Å². The Morgan fingerprint density at radius 2 is 1.79 bits per heavy atom. The number of hydrogen-bond acceptors (Lipinski definition) is 2. The van der Waals surface area contributed by atoms with Gasteiger partial charge in [0.15, 0.2) is 0 Å². The van der Waals surface area contributed by atoms with Crippen LogP contribution in [0.2, 0.25) is 0 Å². The summed E-state index contributed by atoms with van der Waals surface area (Å²) in [5.41, 5.74) is 7.55. The minimum Gasteiger partial charge on any atom is -0.324 e. The molecule has 4 nitrogen and oxygen atoms in total. The number of imidazole rings is 1. The van der Waals surface area contributed by atoms with E-state index < -0.39 is 0 Å². The highest BCUT2D eigenvalue weighted by Crippen LogP contribution is 2.07. The fraction of sp³-hybridized carbons (Fsp3) is 0.700. The van der Waals surface area contributed by atoms with E-state index in [1.165, 1.54) is 0 Å². The van der Waals surface area contributed by atoms with Crippen molar-refractivity contribution in [3.05, 3.63) is 21.9 Å². The van der Waals surface area contributed by atoms with Gasteiger partial charge in [-0.05, 0) is 27.7 Å². The van der Waals surface area contributed by atoms with Crippen LogP contribution in [0.3, 0.4) is 0 Å². The Labute approximate surface area is 84.3 Å². The molecule has 0 saturated heterocycles. The maximum atomic E-state index is 11.8. The Kier molecular flexibility index (Phi) is 2.58. The average molecular weight is 197 g/mol. The van der Waals surface area contributed by atoms with Crippen LogP contribution in [0.4, 0.5) is 0 Å². The Bertz CT molecular complexity index is 393. The largest absolute Gasteiger partial charge is 0.328 e. The van der Waals surface area contributed by atoms with Crippen LogP contribution in [0.15, 0.2) is 4.79 Å². The van der Waals surface area contributed by atoms with Gasteiger partial charge in [0, 0.05) is 30.5 Å². The van der Waals surface area contributed by atoms with Crippen molar-refractivity contribution in [1.82, 2.24) is 9.13 Å². The molecule has 0 aliphatic rings. The molecule has 0 saturated carbocycles. The van der Waals surface area contributed by atoms with Crippen molar-refractivity contribution in [3.8, 4) is 0 Å². The Hall–Kier alpha value is -1.03. The summed E-state index contributed by atoms with van der Waals surface area (Å²) in [5.74, 6) is 0. The van der Waals surface area contributed by atoms with E-state index in [1.54, 1.807) is 16.2 Å². The molecule has 14 heavy (non-hydrogen) atoms. The molecule has 0 amide bonds. The van der Waals surface area contributed by atoms with Crippen molar-refractivity contribution in [2.45, 2.75) is 39.8 Å². The number of nitrogens with zero attached hydrogens (tertiary/aromatic N) is 2. The molecule has 0 aliphatic heterocycles. The SMILES string of the molecule is Cc1c(C)n(CC(C)(C)N)c(=O)n1C. The molecule has 0 aliphatic carbocycles.